The van der Waals surface area contributed by atoms with Crippen LogP contribution in [0.25, 0.3) is 0 Å². The average molecular weight is 699 g/mol. The monoisotopic (exact) mass is 698 g/mol. The molecule has 0 spiro atoms. The number of esters is 2. The van der Waals surface area contributed by atoms with Crippen molar-refractivity contribution in [3.8, 4) is 11.5 Å². The van der Waals surface area contributed by atoms with Crippen molar-refractivity contribution >= 4 is 65.7 Å². The number of hydrogen-bond donors (Lipinski definition) is 3. The maximum atomic E-state index is 13.9. The van der Waals surface area contributed by atoms with Crippen LogP contribution in [-0.2, 0) is 38.4 Å². The Balaban J connectivity index is 0.00000625. The van der Waals surface area contributed by atoms with Crippen molar-refractivity contribution < 1.29 is 87.3 Å². The van der Waals surface area contributed by atoms with Crippen LogP contribution < -0.4 is 60.1 Å². The zero-order valence-corrected chi connectivity index (χ0v) is 29.6. The second-order valence-electron chi connectivity index (χ2n) is 11.2. The van der Waals surface area contributed by atoms with Gasteiger partial charge in [-0.05, 0) is 38.5 Å². The number of nitrogens with one attached hydrogen (secondary N) is 3. The molecule has 0 aromatic heterocycles. The van der Waals surface area contributed by atoms with E-state index in [-0.39, 0.29) is 72.7 Å². The number of thioether (sulfide) groups is 1. The van der Waals surface area contributed by atoms with Gasteiger partial charge in [0.15, 0.2) is 22.5 Å². The summed E-state index contributed by atoms with van der Waals surface area (Å²) in [6, 6.07) is -2.46. The summed E-state index contributed by atoms with van der Waals surface area (Å²) in [5.74, 6) is -7.79. The molecular weight excluding hydrogens is 667 g/mol. The van der Waals surface area contributed by atoms with Gasteiger partial charge in [0.1, 0.15) is 6.04 Å². The summed E-state index contributed by atoms with van der Waals surface area (Å²) in [6.45, 7) is 6.86. The van der Waals surface area contributed by atoms with Gasteiger partial charge in [0.2, 0.25) is 12.3 Å². The van der Waals surface area contributed by atoms with Gasteiger partial charge in [-0.1, -0.05) is 6.07 Å². The second kappa shape index (κ2) is 14.5. The molecule has 0 saturated carbocycles. The van der Waals surface area contributed by atoms with Crippen molar-refractivity contribution in [2.45, 2.75) is 62.5 Å². The van der Waals surface area contributed by atoms with Gasteiger partial charge in [-0.2, -0.15) is 0 Å². The molecule has 0 radical (unpaired) electrons. The minimum Gasteiger partial charge on any atom is -0.548 e. The number of imide groups is 1. The minimum atomic E-state index is -1.76. The third-order valence-corrected chi connectivity index (χ3v) is 9.23. The number of benzene rings is 1. The number of aliphatic carboxylic acids is 1. The van der Waals surface area contributed by atoms with Crippen LogP contribution in [0.3, 0.4) is 0 Å². The van der Waals surface area contributed by atoms with E-state index in [1.54, 1.807) is 6.92 Å². The number of amides is 7. The molecule has 3 heterocycles. The van der Waals surface area contributed by atoms with E-state index in [9.17, 15) is 48.3 Å². The van der Waals surface area contributed by atoms with Crippen molar-refractivity contribution in [2.75, 3.05) is 19.6 Å². The molecule has 3 fully saturated rings. The van der Waals surface area contributed by atoms with E-state index in [4.69, 9.17) is 9.47 Å². The topological polar surface area (TPSA) is 241 Å². The summed E-state index contributed by atoms with van der Waals surface area (Å²) in [5.41, 5.74) is -0.0954. The van der Waals surface area contributed by atoms with E-state index >= 15 is 0 Å². The SMILES string of the molecule is CCN1CCN(C(=O)NC(C(=O)N[C@H]2C(=O)N3[C@@H](C(=O)[O-])C(C)(C)SC23NC=O)c2ccc(OC(C)=O)c(OC(C)=O)c2)C(=O)C1=O.[Na+]. The smallest absolute Gasteiger partial charge is 0.548 e. The summed E-state index contributed by atoms with van der Waals surface area (Å²) in [7, 11) is 0. The summed E-state index contributed by atoms with van der Waals surface area (Å²) < 4.78 is 9.01. The summed E-state index contributed by atoms with van der Waals surface area (Å²) >= 11 is 0.883. The molecule has 2 unspecified atom stereocenters. The van der Waals surface area contributed by atoms with Gasteiger partial charge >= 0.3 is 59.3 Å². The van der Waals surface area contributed by atoms with Crippen LogP contribution in [0.4, 0.5) is 4.79 Å². The first-order valence-electron chi connectivity index (χ1n) is 14.2. The predicted molar refractivity (Wildman–Crippen MR) is 155 cm³/mol. The number of rotatable bonds is 10. The largest absolute Gasteiger partial charge is 1.00 e. The van der Waals surface area contributed by atoms with E-state index in [0.717, 1.165) is 36.6 Å². The van der Waals surface area contributed by atoms with Gasteiger partial charge in [0, 0.05) is 38.2 Å². The number of hydrogen-bond acceptors (Lipinski definition) is 13. The van der Waals surface area contributed by atoms with Gasteiger partial charge in [0.25, 0.3) is 5.91 Å². The van der Waals surface area contributed by atoms with Crippen molar-refractivity contribution in [1.82, 2.24) is 30.7 Å². The van der Waals surface area contributed by atoms with Crippen molar-refractivity contribution in [1.29, 1.82) is 0 Å². The number of carbonyl (C=O) groups is 9. The third kappa shape index (κ3) is 6.99. The normalized spacial score (nSPS) is 23.1. The molecule has 0 bridgehead atoms. The van der Waals surface area contributed by atoms with E-state index in [2.05, 4.69) is 16.0 Å². The Morgan fingerprint density at radius 3 is 2.23 bits per heavy atom. The fourth-order valence-corrected chi connectivity index (χ4v) is 7.42. The summed E-state index contributed by atoms with van der Waals surface area (Å²) in [5, 5.41) is 19.2. The molecule has 3 saturated heterocycles. The van der Waals surface area contributed by atoms with Crippen LogP contribution in [0.1, 0.15) is 46.2 Å². The molecule has 1 aromatic carbocycles. The van der Waals surface area contributed by atoms with Crippen LogP contribution in [0.5, 0.6) is 11.5 Å². The van der Waals surface area contributed by atoms with Crippen LogP contribution in [0.2, 0.25) is 0 Å². The summed E-state index contributed by atoms with van der Waals surface area (Å²) in [4.78, 5) is 114. The molecule has 48 heavy (non-hydrogen) atoms. The molecule has 18 nitrogen and oxygen atoms in total. The van der Waals surface area contributed by atoms with E-state index in [0.29, 0.717) is 4.90 Å². The van der Waals surface area contributed by atoms with Crippen molar-refractivity contribution in [2.24, 2.45) is 0 Å². The molecule has 4 atom stereocenters. The number of carboxylic acids is 1. The second-order valence-corrected chi connectivity index (χ2v) is 13.0. The number of carboxylic acid groups (broad SMARTS) is 1. The maximum Gasteiger partial charge on any atom is 1.00 e. The molecule has 20 heteroatoms. The zero-order valence-electron chi connectivity index (χ0n) is 26.8. The fourth-order valence-electron chi connectivity index (χ4n) is 5.63. The number of likely N-dealkylation sites (N-methyl/N-ethyl adjacent to an activating group) is 1. The molecule has 3 aliphatic heterocycles. The number of piperazine rings is 1. The van der Waals surface area contributed by atoms with Gasteiger partial charge < -0.3 is 40.2 Å². The third-order valence-electron chi connectivity index (χ3n) is 7.62. The zero-order chi connectivity index (χ0) is 35.0. The number of urea groups is 1. The van der Waals surface area contributed by atoms with Crippen molar-refractivity contribution in [3.63, 3.8) is 0 Å². The standard InChI is InChI=1S/C28H32N6O12S.Na/c1-6-32-9-10-33(24(41)23(32)40)26(44)30-18(15-7-8-16(45-13(2)36)17(11-15)46-14(3)37)21(38)31-19-22(39)34-20(25(42)43)27(4,5)47-28(19,34)29-12-35;/h7-8,11-12,18-20H,6,9-10H2,1-5H3,(H,29,35)(H,30,44)(H,31,38)(H,42,43);/q;+1/p-1/t18?,19-,20-,28?;/m0./s1. The first-order chi connectivity index (χ1) is 22.0. The van der Waals surface area contributed by atoms with Crippen LogP contribution >= 0.6 is 11.8 Å². The van der Waals surface area contributed by atoms with Crippen LogP contribution in [0.15, 0.2) is 18.2 Å². The van der Waals surface area contributed by atoms with Gasteiger partial charge in [-0.3, -0.25) is 43.4 Å². The van der Waals surface area contributed by atoms with E-state index < -0.39 is 75.4 Å². The van der Waals surface area contributed by atoms with Crippen LogP contribution in [-0.4, -0.2) is 110 Å². The number of fused-ring (bicyclic) bond motifs is 1. The van der Waals surface area contributed by atoms with E-state index in [1.165, 1.54) is 30.9 Å². The van der Waals surface area contributed by atoms with Gasteiger partial charge in [-0.15, -0.1) is 11.8 Å². The Bertz CT molecular complexity index is 1590. The van der Waals surface area contributed by atoms with Gasteiger partial charge in [0.05, 0.1) is 12.0 Å². The Kier molecular flexibility index (Phi) is 11.6. The molecule has 3 aliphatic rings. The minimum absolute atomic E-state index is 0. The molecule has 7 amide bonds. The summed E-state index contributed by atoms with van der Waals surface area (Å²) in [6.07, 6.45) is 0.232. The number of nitrogens with zero attached hydrogens (tertiary/aromatic N) is 3. The van der Waals surface area contributed by atoms with E-state index in [1.807, 2.05) is 0 Å². The Morgan fingerprint density at radius 1 is 1.04 bits per heavy atom. The number of β-lactam (4-membered cyclic amide) rings is 1. The fraction of sp³-hybridized carbons (Fsp3) is 0.464. The molecular formula is C28H31N6NaO12S. The number of ether oxygens (including phenoxy) is 2. The van der Waals surface area contributed by atoms with Gasteiger partial charge in [-0.25, -0.2) is 4.79 Å². The number of carbonyl (C=O) groups excluding carboxylic acids is 9. The predicted octanol–water partition coefficient (Wildman–Crippen LogP) is -5.65. The van der Waals surface area contributed by atoms with Crippen molar-refractivity contribution in [3.05, 3.63) is 23.8 Å². The molecule has 252 valence electrons. The Labute approximate surface area is 299 Å². The quantitative estimate of drug-likeness (QED) is 0.0516. The first kappa shape index (κ1) is 38.2. The Morgan fingerprint density at radius 2 is 1.67 bits per heavy atom. The van der Waals surface area contributed by atoms with Crippen LogP contribution in [0, 0.1) is 0 Å². The molecule has 1 aromatic rings. The molecule has 4 rings (SSSR count). The molecule has 0 aliphatic carbocycles. The first-order valence-corrected chi connectivity index (χ1v) is 15.0. The maximum absolute atomic E-state index is 13.9. The molecule has 3 N–H and O–H groups in total. The Hall–Kier alpha value is -4.20. The average Bonchev–Trinajstić information content (AvgIpc) is 3.20.